The van der Waals surface area contributed by atoms with Gasteiger partial charge in [-0.05, 0) is 6.42 Å². The third-order valence-electron chi connectivity index (χ3n) is 2.32. The van der Waals surface area contributed by atoms with Crippen LogP contribution in [0.4, 0.5) is 0 Å². The lowest BCUT2D eigenvalue weighted by Gasteiger charge is -2.25. The van der Waals surface area contributed by atoms with Gasteiger partial charge in [0.15, 0.2) is 0 Å². The molecule has 0 spiro atoms. The molecule has 78 valence electrons. The van der Waals surface area contributed by atoms with E-state index >= 15 is 0 Å². The van der Waals surface area contributed by atoms with Gasteiger partial charge in [-0.25, -0.2) is 0 Å². The highest BCUT2D eigenvalue weighted by atomic mass is 32.2. The van der Waals surface area contributed by atoms with E-state index in [2.05, 4.69) is 29.8 Å². The SMILES string of the molecule is C=CC=CC(=C)CCN1CCSCC1. The summed E-state index contributed by atoms with van der Waals surface area (Å²) in [5, 5.41) is 0. The van der Waals surface area contributed by atoms with Crippen molar-refractivity contribution in [2.75, 3.05) is 31.1 Å². The van der Waals surface area contributed by atoms with Crippen LogP contribution in [0.1, 0.15) is 6.42 Å². The molecule has 0 radical (unpaired) electrons. The Morgan fingerprint density at radius 2 is 2.07 bits per heavy atom. The zero-order valence-corrected chi connectivity index (χ0v) is 9.56. The van der Waals surface area contributed by atoms with Crippen molar-refractivity contribution in [1.82, 2.24) is 4.90 Å². The van der Waals surface area contributed by atoms with Crippen LogP contribution < -0.4 is 0 Å². The van der Waals surface area contributed by atoms with Gasteiger partial charge in [0.2, 0.25) is 0 Å². The van der Waals surface area contributed by atoms with Gasteiger partial charge in [0.25, 0.3) is 0 Å². The fourth-order valence-electron chi connectivity index (χ4n) is 1.41. The zero-order chi connectivity index (χ0) is 10.2. The zero-order valence-electron chi connectivity index (χ0n) is 8.74. The number of hydrogen-bond donors (Lipinski definition) is 0. The standard InChI is InChI=1S/C12H19NS/c1-3-4-5-12(2)6-7-13-8-10-14-11-9-13/h3-5H,1-2,6-11H2. The number of allylic oxidation sites excluding steroid dienone is 3. The van der Waals surface area contributed by atoms with Crippen molar-refractivity contribution in [3.05, 3.63) is 37.0 Å². The summed E-state index contributed by atoms with van der Waals surface area (Å²) < 4.78 is 0. The highest BCUT2D eigenvalue weighted by Gasteiger charge is 2.09. The second kappa shape index (κ2) is 6.91. The molecular formula is C12H19NS. The van der Waals surface area contributed by atoms with Crippen molar-refractivity contribution in [3.63, 3.8) is 0 Å². The maximum absolute atomic E-state index is 4.01. The maximum Gasteiger partial charge on any atom is 0.00728 e. The highest BCUT2D eigenvalue weighted by Crippen LogP contribution is 2.11. The molecule has 1 fully saturated rings. The molecule has 0 N–H and O–H groups in total. The molecule has 1 aliphatic heterocycles. The Labute approximate surface area is 91.6 Å². The second-order valence-electron chi connectivity index (χ2n) is 3.46. The third-order valence-corrected chi connectivity index (χ3v) is 3.26. The summed E-state index contributed by atoms with van der Waals surface area (Å²) in [6.45, 7) is 11.3. The Morgan fingerprint density at radius 1 is 1.36 bits per heavy atom. The second-order valence-corrected chi connectivity index (χ2v) is 4.68. The summed E-state index contributed by atoms with van der Waals surface area (Å²) in [7, 11) is 0. The smallest absolute Gasteiger partial charge is 0.00728 e. The fourth-order valence-corrected chi connectivity index (χ4v) is 2.39. The Kier molecular flexibility index (Phi) is 5.72. The van der Waals surface area contributed by atoms with Crippen molar-refractivity contribution in [2.45, 2.75) is 6.42 Å². The summed E-state index contributed by atoms with van der Waals surface area (Å²) >= 11 is 2.06. The number of nitrogens with zero attached hydrogens (tertiary/aromatic N) is 1. The predicted octanol–water partition coefficient (Wildman–Crippen LogP) is 2.72. The van der Waals surface area contributed by atoms with Gasteiger partial charge in [0.05, 0.1) is 0 Å². The van der Waals surface area contributed by atoms with Crippen molar-refractivity contribution in [3.8, 4) is 0 Å². The minimum atomic E-state index is 1.08. The van der Waals surface area contributed by atoms with Crippen LogP contribution in [0.15, 0.2) is 37.0 Å². The topological polar surface area (TPSA) is 3.24 Å². The third kappa shape index (κ3) is 4.68. The molecule has 1 aliphatic rings. The van der Waals surface area contributed by atoms with Crippen LogP contribution in [0.3, 0.4) is 0 Å². The molecule has 0 aromatic carbocycles. The summed E-state index contributed by atoms with van der Waals surface area (Å²) in [4.78, 5) is 2.52. The Balaban J connectivity index is 2.15. The summed E-state index contributed by atoms with van der Waals surface area (Å²) in [5.41, 5.74) is 1.20. The van der Waals surface area contributed by atoms with Gasteiger partial charge in [-0.15, -0.1) is 0 Å². The fraction of sp³-hybridized carbons (Fsp3) is 0.500. The molecule has 0 bridgehead atoms. The van der Waals surface area contributed by atoms with E-state index in [1.165, 1.54) is 30.2 Å². The first-order valence-corrected chi connectivity index (χ1v) is 6.25. The van der Waals surface area contributed by atoms with Gasteiger partial charge in [0, 0.05) is 31.1 Å². The minimum Gasteiger partial charge on any atom is -0.301 e. The number of thioether (sulfide) groups is 1. The molecule has 0 saturated carbocycles. The van der Waals surface area contributed by atoms with E-state index < -0.39 is 0 Å². The van der Waals surface area contributed by atoms with Crippen LogP contribution in [0.2, 0.25) is 0 Å². The van der Waals surface area contributed by atoms with Gasteiger partial charge in [-0.1, -0.05) is 37.0 Å². The van der Waals surface area contributed by atoms with Gasteiger partial charge in [-0.3, -0.25) is 0 Å². The number of hydrogen-bond acceptors (Lipinski definition) is 2. The minimum absolute atomic E-state index is 1.08. The maximum atomic E-state index is 4.01. The molecular weight excluding hydrogens is 190 g/mol. The first kappa shape index (κ1) is 11.6. The average molecular weight is 209 g/mol. The summed E-state index contributed by atoms with van der Waals surface area (Å²) in [6, 6.07) is 0. The van der Waals surface area contributed by atoms with Crippen LogP contribution in [0.5, 0.6) is 0 Å². The lowest BCUT2D eigenvalue weighted by Crippen LogP contribution is -2.33. The summed E-state index contributed by atoms with van der Waals surface area (Å²) in [5.74, 6) is 2.57. The van der Waals surface area contributed by atoms with Gasteiger partial charge in [0.1, 0.15) is 0 Å². The van der Waals surface area contributed by atoms with Crippen molar-refractivity contribution in [2.24, 2.45) is 0 Å². The van der Waals surface area contributed by atoms with Gasteiger partial charge in [-0.2, -0.15) is 11.8 Å². The Morgan fingerprint density at radius 3 is 2.71 bits per heavy atom. The number of rotatable bonds is 5. The first-order valence-electron chi connectivity index (χ1n) is 5.10. The van der Waals surface area contributed by atoms with E-state index in [1.807, 2.05) is 12.2 Å². The van der Waals surface area contributed by atoms with Crippen LogP contribution in [-0.2, 0) is 0 Å². The molecule has 14 heavy (non-hydrogen) atoms. The van der Waals surface area contributed by atoms with E-state index in [-0.39, 0.29) is 0 Å². The molecule has 0 atom stereocenters. The van der Waals surface area contributed by atoms with Crippen LogP contribution in [0, 0.1) is 0 Å². The molecule has 0 unspecified atom stereocenters. The van der Waals surface area contributed by atoms with E-state index in [4.69, 9.17) is 0 Å². The Hall–Kier alpha value is -0.470. The molecule has 0 aromatic rings. The van der Waals surface area contributed by atoms with Crippen LogP contribution in [-0.4, -0.2) is 36.0 Å². The first-order chi connectivity index (χ1) is 6.83. The van der Waals surface area contributed by atoms with Crippen LogP contribution in [0.25, 0.3) is 0 Å². The largest absolute Gasteiger partial charge is 0.301 e. The van der Waals surface area contributed by atoms with E-state index in [1.54, 1.807) is 6.08 Å². The molecule has 2 heteroatoms. The van der Waals surface area contributed by atoms with Gasteiger partial charge < -0.3 is 4.90 Å². The molecule has 1 nitrogen and oxygen atoms in total. The van der Waals surface area contributed by atoms with E-state index in [0.29, 0.717) is 0 Å². The van der Waals surface area contributed by atoms with E-state index in [9.17, 15) is 0 Å². The molecule has 0 aromatic heterocycles. The highest BCUT2D eigenvalue weighted by molar-refractivity contribution is 7.99. The monoisotopic (exact) mass is 209 g/mol. The summed E-state index contributed by atoms with van der Waals surface area (Å²) in [6.07, 6.45) is 6.87. The molecule has 1 rings (SSSR count). The predicted molar refractivity (Wildman–Crippen MR) is 66.9 cm³/mol. The lowest BCUT2D eigenvalue weighted by atomic mass is 10.2. The molecule has 1 saturated heterocycles. The van der Waals surface area contributed by atoms with E-state index in [0.717, 1.165) is 13.0 Å². The van der Waals surface area contributed by atoms with Crippen LogP contribution >= 0.6 is 11.8 Å². The quantitative estimate of drug-likeness (QED) is 0.641. The molecule has 1 heterocycles. The van der Waals surface area contributed by atoms with Crippen molar-refractivity contribution < 1.29 is 0 Å². The normalized spacial score (nSPS) is 18.6. The Bertz CT molecular complexity index is 214. The average Bonchev–Trinajstić information content (AvgIpc) is 2.25. The molecule has 0 aliphatic carbocycles. The lowest BCUT2D eigenvalue weighted by molar-refractivity contribution is 0.307. The van der Waals surface area contributed by atoms with Gasteiger partial charge >= 0.3 is 0 Å². The van der Waals surface area contributed by atoms with Crippen molar-refractivity contribution in [1.29, 1.82) is 0 Å². The van der Waals surface area contributed by atoms with Crippen molar-refractivity contribution >= 4 is 11.8 Å². The molecule has 0 amide bonds.